The molecule has 24 heavy (non-hydrogen) atoms. The number of allylic oxidation sites excluding steroid dienone is 1. The van der Waals surface area contributed by atoms with Gasteiger partial charge in [-0.2, -0.15) is 0 Å². The number of hydrogen-bond donors (Lipinski definition) is 1. The smallest absolute Gasteiger partial charge is 0.334 e. The van der Waals surface area contributed by atoms with E-state index in [2.05, 4.69) is 13.2 Å². The molecule has 0 radical (unpaired) electrons. The van der Waals surface area contributed by atoms with E-state index in [1.807, 2.05) is 6.92 Å². The minimum absolute atomic E-state index is 0.219. The number of rotatable bonds is 2. The van der Waals surface area contributed by atoms with Crippen molar-refractivity contribution in [2.45, 2.75) is 51.4 Å². The summed E-state index contributed by atoms with van der Waals surface area (Å²) in [5, 5.41) is 10.6. The third-order valence-electron chi connectivity index (χ3n) is 5.85. The van der Waals surface area contributed by atoms with E-state index in [0.717, 1.165) is 5.57 Å². The van der Waals surface area contributed by atoms with Crippen LogP contribution in [0.15, 0.2) is 36.5 Å². The van der Waals surface area contributed by atoms with Crippen molar-refractivity contribution in [1.82, 2.24) is 0 Å². The Bertz CT molecular complexity index is 634. The number of ether oxygens (including phenoxy) is 2. The van der Waals surface area contributed by atoms with E-state index >= 15 is 0 Å². The first kappa shape index (κ1) is 17.0. The van der Waals surface area contributed by atoms with E-state index in [9.17, 15) is 14.7 Å². The second-order valence-corrected chi connectivity index (χ2v) is 7.30. The van der Waals surface area contributed by atoms with Gasteiger partial charge in [0.15, 0.2) is 0 Å². The van der Waals surface area contributed by atoms with E-state index in [0.29, 0.717) is 24.8 Å². The van der Waals surface area contributed by atoms with Gasteiger partial charge in [-0.05, 0) is 26.2 Å². The van der Waals surface area contributed by atoms with Gasteiger partial charge in [0.05, 0.1) is 12.0 Å². The van der Waals surface area contributed by atoms with Crippen LogP contribution >= 0.6 is 0 Å². The zero-order valence-electron chi connectivity index (χ0n) is 14.2. The Morgan fingerprint density at radius 3 is 2.83 bits per heavy atom. The highest BCUT2D eigenvalue weighted by Crippen LogP contribution is 2.57. The van der Waals surface area contributed by atoms with Crippen LogP contribution in [0.4, 0.5) is 0 Å². The largest absolute Gasteiger partial charge is 0.458 e. The molecule has 5 heteroatoms. The van der Waals surface area contributed by atoms with Crippen LogP contribution in [0.25, 0.3) is 0 Å². The lowest BCUT2D eigenvalue weighted by Crippen LogP contribution is -2.58. The van der Waals surface area contributed by atoms with Crippen molar-refractivity contribution < 1.29 is 24.2 Å². The molecule has 2 saturated carbocycles. The molecule has 0 aromatic heterocycles. The average molecular weight is 332 g/mol. The third-order valence-corrected chi connectivity index (χ3v) is 5.85. The molecule has 0 amide bonds. The van der Waals surface area contributed by atoms with E-state index in [4.69, 9.17) is 9.47 Å². The maximum Gasteiger partial charge on any atom is 0.334 e. The van der Waals surface area contributed by atoms with Gasteiger partial charge in [0.2, 0.25) is 0 Å². The minimum Gasteiger partial charge on any atom is -0.458 e. The Kier molecular flexibility index (Phi) is 4.16. The van der Waals surface area contributed by atoms with Gasteiger partial charge in [0.1, 0.15) is 12.2 Å². The lowest BCUT2D eigenvalue weighted by atomic mass is 9.53. The van der Waals surface area contributed by atoms with Gasteiger partial charge in [0.25, 0.3) is 0 Å². The van der Waals surface area contributed by atoms with Crippen LogP contribution in [0.5, 0.6) is 0 Å². The van der Waals surface area contributed by atoms with E-state index in [1.165, 1.54) is 6.08 Å². The normalized spacial score (nSPS) is 41.8. The topological polar surface area (TPSA) is 72.8 Å². The molecule has 2 aliphatic carbocycles. The van der Waals surface area contributed by atoms with Crippen LogP contribution in [-0.4, -0.2) is 35.4 Å². The lowest BCUT2D eigenvalue weighted by molar-refractivity contribution is -0.176. The highest BCUT2D eigenvalue weighted by atomic mass is 16.6. The van der Waals surface area contributed by atoms with E-state index in [-0.39, 0.29) is 11.8 Å². The maximum atomic E-state index is 12.1. The first-order valence-electron chi connectivity index (χ1n) is 8.38. The summed E-state index contributed by atoms with van der Waals surface area (Å²) in [7, 11) is 0. The van der Waals surface area contributed by atoms with E-state index in [1.54, 1.807) is 13.0 Å². The fourth-order valence-corrected chi connectivity index (χ4v) is 4.67. The molecule has 3 rings (SSSR count). The fourth-order valence-electron chi connectivity index (χ4n) is 4.67. The number of hydrogen-bond acceptors (Lipinski definition) is 5. The molecule has 1 saturated heterocycles. The predicted octanol–water partition coefficient (Wildman–Crippen LogP) is 2.31. The first-order chi connectivity index (χ1) is 11.3. The second-order valence-electron chi connectivity index (χ2n) is 7.30. The van der Waals surface area contributed by atoms with Gasteiger partial charge in [-0.3, -0.25) is 0 Å². The number of aliphatic hydroxyl groups is 1. The molecule has 1 aliphatic heterocycles. The summed E-state index contributed by atoms with van der Waals surface area (Å²) in [6.45, 7) is 11.7. The van der Waals surface area contributed by atoms with Crippen LogP contribution in [0.2, 0.25) is 0 Å². The second kappa shape index (κ2) is 5.88. The summed E-state index contributed by atoms with van der Waals surface area (Å²) < 4.78 is 11.2. The van der Waals surface area contributed by atoms with Crippen molar-refractivity contribution in [2.24, 2.45) is 17.3 Å². The molecular weight excluding hydrogens is 308 g/mol. The standard InChI is InChI=1S/C19H24O5/c1-5-6-14(21)24-17-15-11(3)18(22)23-12(15)9-19(4)13(20)8-7-10(2)16(17)19/h5-6,12-13,15-17,20H,2-3,7-9H2,1,4H3/b6-5+/t12-,13+,15+,16?,17-,19-/m0/s1. The number of carbonyl (C=O) groups excluding carboxylic acids is 2. The molecule has 0 aromatic rings. The molecule has 1 unspecified atom stereocenters. The van der Waals surface area contributed by atoms with Gasteiger partial charge in [-0.1, -0.05) is 31.7 Å². The summed E-state index contributed by atoms with van der Waals surface area (Å²) in [6.07, 6.45) is 3.20. The Labute approximate surface area is 142 Å². The van der Waals surface area contributed by atoms with Crippen molar-refractivity contribution >= 4 is 11.9 Å². The van der Waals surface area contributed by atoms with Crippen LogP contribution in [0.3, 0.4) is 0 Å². The lowest BCUT2D eigenvalue weighted by Gasteiger charge is -2.54. The summed E-state index contributed by atoms with van der Waals surface area (Å²) in [4.78, 5) is 24.1. The van der Waals surface area contributed by atoms with Gasteiger partial charge >= 0.3 is 11.9 Å². The fraction of sp³-hybridized carbons (Fsp3) is 0.579. The molecular formula is C19H24O5. The maximum absolute atomic E-state index is 12.1. The van der Waals surface area contributed by atoms with Crippen molar-refractivity contribution in [1.29, 1.82) is 0 Å². The van der Waals surface area contributed by atoms with Gasteiger partial charge in [-0.25, -0.2) is 9.59 Å². The summed E-state index contributed by atoms with van der Waals surface area (Å²) in [6, 6.07) is 0. The van der Waals surface area contributed by atoms with Gasteiger partial charge < -0.3 is 14.6 Å². The number of aliphatic hydroxyl groups excluding tert-OH is 1. The van der Waals surface area contributed by atoms with Crippen molar-refractivity contribution in [2.75, 3.05) is 0 Å². The Hall–Kier alpha value is -1.88. The number of fused-ring (bicyclic) bond motifs is 2. The quantitative estimate of drug-likeness (QED) is 0.477. The molecule has 130 valence electrons. The summed E-state index contributed by atoms with van der Waals surface area (Å²) >= 11 is 0. The zero-order chi connectivity index (χ0) is 17.6. The van der Waals surface area contributed by atoms with Crippen molar-refractivity contribution in [3.05, 3.63) is 36.5 Å². The molecule has 1 heterocycles. The van der Waals surface area contributed by atoms with Crippen LogP contribution in [0.1, 0.15) is 33.1 Å². The first-order valence-corrected chi connectivity index (χ1v) is 8.38. The highest BCUT2D eigenvalue weighted by Gasteiger charge is 2.61. The molecule has 3 aliphatic rings. The molecule has 5 nitrogen and oxygen atoms in total. The molecule has 6 atom stereocenters. The average Bonchev–Trinajstić information content (AvgIpc) is 2.77. The Balaban J connectivity index is 2.03. The molecule has 0 aromatic carbocycles. The van der Waals surface area contributed by atoms with Crippen LogP contribution in [-0.2, 0) is 19.1 Å². The SMILES string of the molecule is C=C1CC[C@@H](O)[C@]2(C)C[C@@H]3OC(=O)C(=C)[C@H]3[C@H](OC(=O)/C=C/C)C12. The third kappa shape index (κ3) is 2.42. The summed E-state index contributed by atoms with van der Waals surface area (Å²) in [5.41, 5.74) is 0.752. The van der Waals surface area contributed by atoms with Crippen molar-refractivity contribution in [3.8, 4) is 0 Å². The van der Waals surface area contributed by atoms with Gasteiger partial charge in [0, 0.05) is 23.0 Å². The van der Waals surface area contributed by atoms with E-state index < -0.39 is 35.7 Å². The monoisotopic (exact) mass is 332 g/mol. The molecule has 1 N–H and O–H groups in total. The Morgan fingerprint density at radius 1 is 1.46 bits per heavy atom. The predicted molar refractivity (Wildman–Crippen MR) is 87.8 cm³/mol. The highest BCUT2D eigenvalue weighted by molar-refractivity contribution is 5.91. The van der Waals surface area contributed by atoms with Crippen LogP contribution < -0.4 is 0 Å². The Morgan fingerprint density at radius 2 is 2.17 bits per heavy atom. The molecule has 3 fully saturated rings. The van der Waals surface area contributed by atoms with Crippen molar-refractivity contribution in [3.63, 3.8) is 0 Å². The molecule has 0 bridgehead atoms. The molecule has 0 spiro atoms. The van der Waals surface area contributed by atoms with Gasteiger partial charge in [-0.15, -0.1) is 0 Å². The zero-order valence-corrected chi connectivity index (χ0v) is 14.2. The van der Waals surface area contributed by atoms with Crippen LogP contribution in [0, 0.1) is 17.3 Å². The minimum atomic E-state index is -0.598. The number of esters is 2. The summed E-state index contributed by atoms with van der Waals surface area (Å²) in [5.74, 6) is -1.51. The number of carbonyl (C=O) groups is 2.